The predicted octanol–water partition coefficient (Wildman–Crippen LogP) is 4.25. The summed E-state index contributed by atoms with van der Waals surface area (Å²) < 4.78 is 12.4. The molecule has 2 aromatic heterocycles. The minimum Gasteiger partial charge on any atom is -0.493 e. The maximum absolute atomic E-state index is 12.8. The van der Waals surface area contributed by atoms with E-state index in [4.69, 9.17) is 9.47 Å². The smallest absolute Gasteiger partial charge is 0.337 e. The predicted molar refractivity (Wildman–Crippen MR) is 131 cm³/mol. The third-order valence-corrected chi connectivity index (χ3v) is 6.60. The number of carbonyl (C=O) groups excluding carboxylic acids is 1. The minimum absolute atomic E-state index is 0.00843. The monoisotopic (exact) mass is 480 g/mol. The Hall–Kier alpha value is -3.79. The van der Waals surface area contributed by atoms with Gasteiger partial charge in [-0.2, -0.15) is 0 Å². The number of rotatable bonds is 7. The second-order valence-corrected chi connectivity index (χ2v) is 8.75. The number of carboxylic acids is 1. The molecule has 0 saturated carbocycles. The van der Waals surface area contributed by atoms with E-state index >= 15 is 0 Å². The van der Waals surface area contributed by atoms with Crippen LogP contribution in [0, 0.1) is 20.8 Å². The van der Waals surface area contributed by atoms with Gasteiger partial charge in [-0.25, -0.2) is 4.79 Å². The van der Waals surface area contributed by atoms with Gasteiger partial charge in [-0.05, 0) is 48.9 Å². The molecule has 2 heterocycles. The number of nitrogens with one attached hydrogen (secondary N) is 1. The molecule has 1 amide bonds. The van der Waals surface area contributed by atoms with Crippen molar-refractivity contribution in [3.05, 3.63) is 52.6 Å². The van der Waals surface area contributed by atoms with Crippen LogP contribution >= 0.6 is 11.8 Å². The average Bonchev–Trinajstić information content (AvgIpc) is 3.24. The number of aromatic carboxylic acids is 1. The third-order valence-electron chi connectivity index (χ3n) is 5.68. The molecule has 0 fully saturated rings. The van der Waals surface area contributed by atoms with Crippen LogP contribution in [0.1, 0.15) is 27.0 Å². The lowest BCUT2D eigenvalue weighted by Gasteiger charge is -2.14. The SMILES string of the molecule is COc1cc(NC(=O)CSc2nnc3c(C)cc4ccc(C)c(C)c4n23)c(C(=O)O)cc1OC. The molecule has 4 aromatic rings. The highest BCUT2D eigenvalue weighted by molar-refractivity contribution is 7.99. The lowest BCUT2D eigenvalue weighted by Crippen LogP contribution is -2.17. The third kappa shape index (κ3) is 4.12. The molecule has 0 aliphatic heterocycles. The zero-order valence-electron chi connectivity index (χ0n) is 19.4. The Kier molecular flexibility index (Phi) is 6.34. The molecule has 176 valence electrons. The highest BCUT2D eigenvalue weighted by Crippen LogP contribution is 2.34. The van der Waals surface area contributed by atoms with E-state index in [9.17, 15) is 14.7 Å². The number of hydrogen-bond acceptors (Lipinski definition) is 7. The summed E-state index contributed by atoms with van der Waals surface area (Å²) in [5.74, 6) is -1.00. The first-order chi connectivity index (χ1) is 16.2. The molecule has 0 saturated heterocycles. The maximum atomic E-state index is 12.8. The zero-order chi connectivity index (χ0) is 24.6. The fourth-order valence-electron chi connectivity index (χ4n) is 3.83. The summed E-state index contributed by atoms with van der Waals surface area (Å²) >= 11 is 1.23. The largest absolute Gasteiger partial charge is 0.493 e. The van der Waals surface area contributed by atoms with Crippen molar-refractivity contribution >= 4 is 45.9 Å². The number of anilines is 1. The van der Waals surface area contributed by atoms with Crippen molar-refractivity contribution in [2.45, 2.75) is 25.9 Å². The highest BCUT2D eigenvalue weighted by Gasteiger charge is 2.20. The first kappa shape index (κ1) is 23.4. The first-order valence-corrected chi connectivity index (χ1v) is 11.4. The zero-order valence-corrected chi connectivity index (χ0v) is 20.2. The number of carbonyl (C=O) groups is 2. The molecule has 0 unspecified atom stereocenters. The van der Waals surface area contributed by atoms with Crippen molar-refractivity contribution in [3.63, 3.8) is 0 Å². The lowest BCUT2D eigenvalue weighted by molar-refractivity contribution is -0.113. The van der Waals surface area contributed by atoms with Crippen molar-refractivity contribution in [2.75, 3.05) is 25.3 Å². The Morgan fingerprint density at radius 2 is 1.74 bits per heavy atom. The maximum Gasteiger partial charge on any atom is 0.337 e. The van der Waals surface area contributed by atoms with E-state index in [1.807, 2.05) is 18.2 Å². The van der Waals surface area contributed by atoms with Gasteiger partial charge in [0.2, 0.25) is 5.91 Å². The number of aromatic nitrogens is 3. The molecular formula is C24H24N4O5S. The van der Waals surface area contributed by atoms with Crippen molar-refractivity contribution < 1.29 is 24.2 Å². The van der Waals surface area contributed by atoms with Gasteiger partial charge in [-0.1, -0.05) is 23.9 Å². The molecule has 34 heavy (non-hydrogen) atoms. The number of ether oxygens (including phenoxy) is 2. The quantitative estimate of drug-likeness (QED) is 0.377. The number of hydrogen-bond donors (Lipinski definition) is 2. The fourth-order valence-corrected chi connectivity index (χ4v) is 4.57. The van der Waals surface area contributed by atoms with Gasteiger partial charge in [0, 0.05) is 12.1 Å². The number of carboxylic acid groups (broad SMARTS) is 1. The van der Waals surface area contributed by atoms with Gasteiger partial charge in [0.1, 0.15) is 0 Å². The molecule has 0 spiro atoms. The van der Waals surface area contributed by atoms with Crippen LogP contribution in [0.2, 0.25) is 0 Å². The topological polar surface area (TPSA) is 115 Å². The van der Waals surface area contributed by atoms with Gasteiger partial charge >= 0.3 is 5.97 Å². The number of methoxy groups -OCH3 is 2. The van der Waals surface area contributed by atoms with E-state index in [2.05, 4.69) is 40.6 Å². The summed E-state index contributed by atoms with van der Waals surface area (Å²) in [5, 5.41) is 22.5. The van der Waals surface area contributed by atoms with E-state index in [0.29, 0.717) is 10.9 Å². The van der Waals surface area contributed by atoms with Crippen molar-refractivity contribution in [3.8, 4) is 11.5 Å². The molecular weight excluding hydrogens is 456 g/mol. The second-order valence-electron chi connectivity index (χ2n) is 7.81. The number of aryl methyl sites for hydroxylation is 3. The van der Waals surface area contributed by atoms with Crippen LogP contribution in [-0.4, -0.2) is 51.6 Å². The molecule has 4 rings (SSSR count). The molecule has 0 atom stereocenters. The molecule has 0 aliphatic carbocycles. The van der Waals surface area contributed by atoms with Gasteiger partial charge in [-0.3, -0.25) is 9.20 Å². The Morgan fingerprint density at radius 1 is 1.03 bits per heavy atom. The van der Waals surface area contributed by atoms with Crippen molar-refractivity contribution in [2.24, 2.45) is 0 Å². The Labute approximate surface area is 200 Å². The van der Waals surface area contributed by atoms with Crippen molar-refractivity contribution in [1.82, 2.24) is 14.6 Å². The molecule has 2 aromatic carbocycles. The number of amides is 1. The van der Waals surface area contributed by atoms with Gasteiger partial charge in [0.25, 0.3) is 0 Å². The standard InChI is InChI=1S/C24H24N4O5S/c1-12-6-7-15-8-13(2)22-26-27-24(28(22)21(15)14(12)3)34-11-20(29)25-17-10-19(33-5)18(32-4)9-16(17)23(30)31/h6-10H,11H2,1-5H3,(H,25,29)(H,30,31). The molecule has 0 radical (unpaired) electrons. The Balaban J connectivity index is 1.64. The van der Waals surface area contributed by atoms with Gasteiger partial charge < -0.3 is 19.9 Å². The van der Waals surface area contributed by atoms with Crippen LogP contribution < -0.4 is 14.8 Å². The average molecular weight is 481 g/mol. The Bertz CT molecular complexity index is 1450. The summed E-state index contributed by atoms with van der Waals surface area (Å²) in [6, 6.07) is 8.97. The van der Waals surface area contributed by atoms with Gasteiger partial charge in [-0.15, -0.1) is 10.2 Å². The second kappa shape index (κ2) is 9.22. The first-order valence-electron chi connectivity index (χ1n) is 10.4. The van der Waals surface area contributed by atoms with E-state index in [1.165, 1.54) is 38.1 Å². The van der Waals surface area contributed by atoms with Crippen LogP contribution in [0.25, 0.3) is 16.6 Å². The van der Waals surface area contributed by atoms with Gasteiger partial charge in [0.05, 0.1) is 36.7 Å². The lowest BCUT2D eigenvalue weighted by atomic mass is 10.0. The molecule has 0 aliphatic rings. The van der Waals surface area contributed by atoms with Crippen LogP contribution in [0.5, 0.6) is 11.5 Å². The molecule has 9 nitrogen and oxygen atoms in total. The number of benzene rings is 2. The summed E-state index contributed by atoms with van der Waals surface area (Å²) in [7, 11) is 2.85. The molecule has 2 N–H and O–H groups in total. The van der Waals surface area contributed by atoms with E-state index in [1.54, 1.807) is 0 Å². The van der Waals surface area contributed by atoms with Gasteiger partial charge in [0.15, 0.2) is 22.3 Å². The molecule has 10 heteroatoms. The normalized spacial score (nSPS) is 11.1. The van der Waals surface area contributed by atoms with E-state index in [0.717, 1.165) is 33.2 Å². The van der Waals surface area contributed by atoms with Crippen LogP contribution in [0.15, 0.2) is 35.5 Å². The highest BCUT2D eigenvalue weighted by atomic mass is 32.2. The van der Waals surface area contributed by atoms with E-state index in [-0.39, 0.29) is 28.7 Å². The van der Waals surface area contributed by atoms with Crippen LogP contribution in [-0.2, 0) is 4.79 Å². The van der Waals surface area contributed by atoms with Crippen molar-refractivity contribution in [1.29, 1.82) is 0 Å². The van der Waals surface area contributed by atoms with E-state index < -0.39 is 5.97 Å². The summed E-state index contributed by atoms with van der Waals surface area (Å²) in [6.07, 6.45) is 0. The summed E-state index contributed by atoms with van der Waals surface area (Å²) in [6.45, 7) is 6.08. The Morgan fingerprint density at radius 3 is 2.41 bits per heavy atom. The summed E-state index contributed by atoms with van der Waals surface area (Å²) in [5.41, 5.74) is 5.00. The summed E-state index contributed by atoms with van der Waals surface area (Å²) in [4.78, 5) is 24.5. The molecule has 0 bridgehead atoms. The number of nitrogens with zero attached hydrogens (tertiary/aromatic N) is 3. The number of pyridine rings is 1. The minimum atomic E-state index is -1.19. The fraction of sp³-hybridized carbons (Fsp3) is 0.250. The number of thioether (sulfide) groups is 1. The number of fused-ring (bicyclic) bond motifs is 3. The van der Waals surface area contributed by atoms with Crippen LogP contribution in [0.3, 0.4) is 0 Å². The van der Waals surface area contributed by atoms with Crippen LogP contribution in [0.4, 0.5) is 5.69 Å².